The predicted octanol–water partition coefficient (Wildman–Crippen LogP) is -1.57. The van der Waals surface area contributed by atoms with Crippen LogP contribution in [0.4, 0.5) is 0 Å². The second-order valence-electron chi connectivity index (χ2n) is 12.9. The van der Waals surface area contributed by atoms with Crippen molar-refractivity contribution < 1.29 is 84.3 Å². The number of unbranched alkanes of at least 4 members (excludes halogenated alkanes) is 4. The molecule has 288 valence electrons. The summed E-state index contributed by atoms with van der Waals surface area (Å²) >= 11 is 0. The summed E-state index contributed by atoms with van der Waals surface area (Å²) in [6.45, 7) is 2.61. The van der Waals surface area contributed by atoms with Gasteiger partial charge in [-0.3, -0.25) is 9.59 Å². The molecule has 0 aromatic carbocycles. The van der Waals surface area contributed by atoms with Crippen LogP contribution in [0.5, 0.6) is 0 Å². The fourth-order valence-corrected chi connectivity index (χ4v) is 5.94. The number of aliphatic hydroxyl groups excluding tert-OH is 9. The summed E-state index contributed by atoms with van der Waals surface area (Å²) in [5.41, 5.74) is 0. The molecule has 2 fully saturated rings. The van der Waals surface area contributed by atoms with Crippen LogP contribution in [0.25, 0.3) is 0 Å². The van der Waals surface area contributed by atoms with Crippen LogP contribution in [0.3, 0.4) is 0 Å². The molecule has 2 heterocycles. The van der Waals surface area contributed by atoms with Gasteiger partial charge in [0.1, 0.15) is 54.9 Å². The van der Waals surface area contributed by atoms with Crippen LogP contribution in [0.15, 0.2) is 0 Å². The number of aliphatic carboxylic acids is 1. The SMILES string of the molecule is CCCCC[C@@H](C[C@@H](CC(=O)O)O[C@H]1O[C@@H](CO)[C@@H](O)[C@@H](O)[C@H]1O)OC(=O)C[C@H](O)C[C@@H](CCCCC)O[C@H]1O[C@@H](CO)[C@@H](O)[C@@H](O)[C@H]1O. The maximum atomic E-state index is 13.1. The highest BCUT2D eigenvalue weighted by molar-refractivity contribution is 5.70. The molecule has 0 saturated carbocycles. The molecule has 0 unspecified atom stereocenters. The van der Waals surface area contributed by atoms with Crippen molar-refractivity contribution in [3.05, 3.63) is 0 Å². The molecule has 2 rings (SSSR count). The van der Waals surface area contributed by atoms with Crippen LogP contribution in [0.2, 0.25) is 0 Å². The number of aliphatic hydroxyl groups is 9. The quantitative estimate of drug-likeness (QED) is 0.0423. The summed E-state index contributed by atoms with van der Waals surface area (Å²) in [4.78, 5) is 24.7. The highest BCUT2D eigenvalue weighted by atomic mass is 16.7. The van der Waals surface area contributed by atoms with E-state index in [1.807, 2.05) is 13.8 Å². The zero-order chi connectivity index (χ0) is 36.7. The topological polar surface area (TPSA) is 283 Å². The summed E-state index contributed by atoms with van der Waals surface area (Å²) in [5.74, 6) is -2.06. The zero-order valence-electron chi connectivity index (χ0n) is 28.3. The fraction of sp³-hybridized carbons (Fsp3) is 0.938. The van der Waals surface area contributed by atoms with E-state index in [1.54, 1.807) is 0 Å². The summed E-state index contributed by atoms with van der Waals surface area (Å²) in [5, 5.41) is 101. The number of carboxylic acids is 1. The van der Waals surface area contributed by atoms with Crippen LogP contribution in [-0.2, 0) is 33.3 Å². The second kappa shape index (κ2) is 22.4. The monoisotopic (exact) mass is 714 g/mol. The first-order chi connectivity index (χ1) is 23.3. The third-order valence-corrected chi connectivity index (χ3v) is 8.77. The van der Waals surface area contributed by atoms with Gasteiger partial charge in [-0.25, -0.2) is 0 Å². The molecular formula is C32H58O17. The molecular weight excluding hydrogens is 656 g/mol. The molecule has 0 aliphatic carbocycles. The Balaban J connectivity index is 2.09. The van der Waals surface area contributed by atoms with E-state index in [-0.39, 0.29) is 12.8 Å². The first kappa shape index (κ1) is 43.6. The van der Waals surface area contributed by atoms with Crippen molar-refractivity contribution >= 4 is 11.9 Å². The van der Waals surface area contributed by atoms with E-state index >= 15 is 0 Å². The van der Waals surface area contributed by atoms with Crippen LogP contribution in [0.1, 0.15) is 90.9 Å². The van der Waals surface area contributed by atoms with Crippen molar-refractivity contribution in [3.63, 3.8) is 0 Å². The number of carbonyl (C=O) groups excluding carboxylic acids is 1. The fourth-order valence-electron chi connectivity index (χ4n) is 5.94. The molecule has 49 heavy (non-hydrogen) atoms. The number of carbonyl (C=O) groups is 2. The van der Waals surface area contributed by atoms with Gasteiger partial charge in [-0.2, -0.15) is 0 Å². The van der Waals surface area contributed by atoms with Crippen LogP contribution >= 0.6 is 0 Å². The number of hydrogen-bond donors (Lipinski definition) is 10. The highest BCUT2D eigenvalue weighted by Gasteiger charge is 2.46. The van der Waals surface area contributed by atoms with Crippen molar-refractivity contribution in [2.75, 3.05) is 13.2 Å². The Morgan fingerprint density at radius 1 is 0.633 bits per heavy atom. The van der Waals surface area contributed by atoms with Gasteiger partial charge in [0, 0.05) is 12.8 Å². The molecule has 17 heteroatoms. The molecule has 17 nitrogen and oxygen atoms in total. The van der Waals surface area contributed by atoms with Gasteiger partial charge in [0.15, 0.2) is 12.6 Å². The molecule has 0 aromatic heterocycles. The normalized spacial score (nSPS) is 33.0. The van der Waals surface area contributed by atoms with Crippen LogP contribution in [-0.4, -0.2) is 162 Å². The molecule has 0 bridgehead atoms. The van der Waals surface area contributed by atoms with Crippen molar-refractivity contribution in [2.45, 2.75) is 177 Å². The Kier molecular flexibility index (Phi) is 19.9. The Morgan fingerprint density at radius 3 is 1.55 bits per heavy atom. The van der Waals surface area contributed by atoms with Gasteiger partial charge in [0.25, 0.3) is 0 Å². The van der Waals surface area contributed by atoms with E-state index in [1.165, 1.54) is 0 Å². The van der Waals surface area contributed by atoms with Gasteiger partial charge >= 0.3 is 11.9 Å². The molecule has 2 aliphatic rings. The summed E-state index contributed by atoms with van der Waals surface area (Å²) < 4.78 is 28.1. The largest absolute Gasteiger partial charge is 0.481 e. The number of ether oxygens (including phenoxy) is 5. The minimum atomic E-state index is -1.76. The predicted molar refractivity (Wildman–Crippen MR) is 168 cm³/mol. The second-order valence-corrected chi connectivity index (χ2v) is 12.9. The van der Waals surface area contributed by atoms with E-state index < -0.39 is 124 Å². The third kappa shape index (κ3) is 14.2. The Bertz CT molecular complexity index is 937. The van der Waals surface area contributed by atoms with Gasteiger partial charge < -0.3 is 74.7 Å². The lowest BCUT2D eigenvalue weighted by Gasteiger charge is -2.41. The molecule has 0 aromatic rings. The molecule has 2 saturated heterocycles. The van der Waals surface area contributed by atoms with E-state index in [0.29, 0.717) is 25.7 Å². The standard InChI is InChI=1S/C32H58O17/c1-3-5-7-9-18(46-31-29(43)27(41)25(39)21(15-33)48-31)11-17(35)12-24(38)45-19(10-8-6-4-2)13-20(14-23(36)37)47-32-30(44)28(42)26(40)22(16-34)49-32/h17-22,25-35,39-44H,3-16H2,1-2H3,(H,36,37)/t17-,18-,19+,20+,21+,22+,25-,26-,27-,28-,29-,30-,31+,32+/m1/s1. The summed E-state index contributed by atoms with van der Waals surface area (Å²) in [6, 6.07) is 0. The minimum Gasteiger partial charge on any atom is -0.481 e. The summed E-state index contributed by atoms with van der Waals surface area (Å²) in [6.07, 6.45) is -15.5. The van der Waals surface area contributed by atoms with E-state index in [4.69, 9.17) is 23.7 Å². The van der Waals surface area contributed by atoms with E-state index in [2.05, 4.69) is 0 Å². The number of rotatable bonds is 23. The zero-order valence-corrected chi connectivity index (χ0v) is 28.3. The molecule has 10 N–H and O–H groups in total. The van der Waals surface area contributed by atoms with Gasteiger partial charge in [-0.1, -0.05) is 46.0 Å². The van der Waals surface area contributed by atoms with Crippen LogP contribution in [0, 0.1) is 0 Å². The average molecular weight is 715 g/mol. The van der Waals surface area contributed by atoms with Crippen molar-refractivity contribution in [3.8, 4) is 0 Å². The lowest BCUT2D eigenvalue weighted by atomic mass is 9.98. The van der Waals surface area contributed by atoms with E-state index in [0.717, 1.165) is 25.7 Å². The number of carboxylic acid groups (broad SMARTS) is 1. The minimum absolute atomic E-state index is 0.0871. The molecule has 14 atom stereocenters. The average Bonchev–Trinajstić information content (AvgIpc) is 3.04. The van der Waals surface area contributed by atoms with Crippen molar-refractivity contribution in [1.82, 2.24) is 0 Å². The van der Waals surface area contributed by atoms with E-state index in [9.17, 15) is 60.7 Å². The smallest absolute Gasteiger partial charge is 0.308 e. The summed E-state index contributed by atoms with van der Waals surface area (Å²) in [7, 11) is 0. The van der Waals surface area contributed by atoms with Crippen molar-refractivity contribution in [2.24, 2.45) is 0 Å². The molecule has 0 amide bonds. The number of hydrogen-bond acceptors (Lipinski definition) is 16. The Labute approximate surface area is 286 Å². The Hall–Kier alpha value is -1.58. The van der Waals surface area contributed by atoms with Crippen LogP contribution < -0.4 is 0 Å². The van der Waals surface area contributed by atoms with Gasteiger partial charge in [0.2, 0.25) is 0 Å². The molecule has 0 radical (unpaired) electrons. The van der Waals surface area contributed by atoms with Crippen molar-refractivity contribution in [1.29, 1.82) is 0 Å². The number of esters is 1. The lowest BCUT2D eigenvalue weighted by molar-refractivity contribution is -0.313. The van der Waals surface area contributed by atoms with Gasteiger partial charge in [-0.15, -0.1) is 0 Å². The molecule has 2 aliphatic heterocycles. The maximum absolute atomic E-state index is 13.1. The lowest BCUT2D eigenvalue weighted by Crippen LogP contribution is -2.59. The Morgan fingerprint density at radius 2 is 1.10 bits per heavy atom. The highest BCUT2D eigenvalue weighted by Crippen LogP contribution is 2.28. The first-order valence-electron chi connectivity index (χ1n) is 17.3. The van der Waals surface area contributed by atoms with Gasteiger partial charge in [0.05, 0.1) is 44.4 Å². The molecule has 0 spiro atoms. The third-order valence-electron chi connectivity index (χ3n) is 8.77. The first-order valence-corrected chi connectivity index (χ1v) is 17.3. The van der Waals surface area contributed by atoms with Gasteiger partial charge in [-0.05, 0) is 19.3 Å². The maximum Gasteiger partial charge on any atom is 0.308 e.